The molecule has 0 radical (unpaired) electrons. The largest absolute Gasteiger partial charge is 0.338 e. The van der Waals surface area contributed by atoms with Crippen molar-refractivity contribution in [2.45, 2.75) is 19.8 Å². The molecule has 2 heterocycles. The molecule has 2 rings (SSSR count). The molecule has 1 aliphatic heterocycles. The Hall–Kier alpha value is -0.350. The van der Waals surface area contributed by atoms with Crippen molar-refractivity contribution < 1.29 is 4.79 Å². The van der Waals surface area contributed by atoms with E-state index in [1.54, 1.807) is 11.3 Å². The lowest BCUT2D eigenvalue weighted by Gasteiger charge is -2.15. The van der Waals surface area contributed by atoms with Crippen molar-refractivity contribution in [3.8, 4) is 0 Å². The highest BCUT2D eigenvalue weighted by atomic mass is 79.9. The lowest BCUT2D eigenvalue weighted by molar-refractivity contribution is 0.0791. The van der Waals surface area contributed by atoms with Crippen LogP contribution in [0.1, 0.15) is 28.1 Å². The molecule has 0 aromatic carbocycles. The average molecular weight is 302 g/mol. The zero-order valence-electron chi connectivity index (χ0n) is 9.41. The maximum Gasteiger partial charge on any atom is 0.264 e. The molecule has 1 unspecified atom stereocenters. The van der Waals surface area contributed by atoms with Crippen molar-refractivity contribution in [1.29, 1.82) is 0 Å². The van der Waals surface area contributed by atoms with Gasteiger partial charge >= 0.3 is 0 Å². The molecule has 0 saturated carbocycles. The molecule has 1 aromatic heterocycles. The summed E-state index contributed by atoms with van der Waals surface area (Å²) < 4.78 is 0. The molecule has 0 aliphatic carbocycles. The number of hydrogen-bond donors (Lipinski definition) is 0. The first-order chi connectivity index (χ1) is 7.72. The van der Waals surface area contributed by atoms with Crippen LogP contribution in [-0.2, 0) is 0 Å². The molecule has 1 aromatic rings. The Labute approximate surface area is 109 Å². The first-order valence-electron chi connectivity index (χ1n) is 5.61. The van der Waals surface area contributed by atoms with Gasteiger partial charge in [-0.3, -0.25) is 4.79 Å². The van der Waals surface area contributed by atoms with Crippen molar-refractivity contribution in [1.82, 2.24) is 4.90 Å². The number of aryl methyl sites for hydroxylation is 1. The van der Waals surface area contributed by atoms with Crippen molar-refractivity contribution in [2.75, 3.05) is 18.4 Å². The third-order valence-electron chi connectivity index (χ3n) is 3.15. The first kappa shape index (κ1) is 12.1. The Bertz CT molecular complexity index is 377. The number of alkyl halides is 1. The molecule has 2 nitrogen and oxygen atoms in total. The van der Waals surface area contributed by atoms with Gasteiger partial charge in [0.1, 0.15) is 0 Å². The third kappa shape index (κ3) is 2.48. The molecule has 0 spiro atoms. The smallest absolute Gasteiger partial charge is 0.264 e. The number of thiophene rings is 1. The van der Waals surface area contributed by atoms with Gasteiger partial charge in [-0.25, -0.2) is 0 Å². The Morgan fingerprint density at radius 3 is 3.12 bits per heavy atom. The van der Waals surface area contributed by atoms with Gasteiger partial charge in [0.25, 0.3) is 5.91 Å². The summed E-state index contributed by atoms with van der Waals surface area (Å²) >= 11 is 5.02. The average Bonchev–Trinajstić information content (AvgIpc) is 2.87. The minimum atomic E-state index is 0.226. The van der Waals surface area contributed by atoms with Gasteiger partial charge in [0.2, 0.25) is 0 Å². The molecule has 4 heteroatoms. The second kappa shape index (κ2) is 5.32. The third-order valence-corrected chi connectivity index (χ3v) is 4.61. The van der Waals surface area contributed by atoms with Crippen molar-refractivity contribution in [2.24, 2.45) is 5.92 Å². The van der Waals surface area contributed by atoms with E-state index in [2.05, 4.69) is 15.9 Å². The number of carbonyl (C=O) groups is 1. The standard InChI is InChI=1S/C12H16BrNOS/c1-9-4-7-16-11(9)12(15)14-6-3-10(8-14)2-5-13/h4,7,10H,2-3,5-6,8H2,1H3. The topological polar surface area (TPSA) is 20.3 Å². The van der Waals surface area contributed by atoms with Crippen LogP contribution in [0.15, 0.2) is 11.4 Å². The van der Waals surface area contributed by atoms with E-state index in [9.17, 15) is 4.79 Å². The number of likely N-dealkylation sites (tertiary alicyclic amines) is 1. The fourth-order valence-electron chi connectivity index (χ4n) is 2.14. The summed E-state index contributed by atoms with van der Waals surface area (Å²) in [5.41, 5.74) is 1.11. The second-order valence-corrected chi connectivity index (χ2v) is 6.03. The molecule has 1 atom stereocenters. The Morgan fingerprint density at radius 2 is 2.50 bits per heavy atom. The van der Waals surface area contributed by atoms with Crippen molar-refractivity contribution in [3.05, 3.63) is 21.9 Å². The molecule has 1 fully saturated rings. The van der Waals surface area contributed by atoms with Crippen LogP contribution in [0, 0.1) is 12.8 Å². The molecule has 0 N–H and O–H groups in total. The number of nitrogens with zero attached hydrogens (tertiary/aromatic N) is 1. The summed E-state index contributed by atoms with van der Waals surface area (Å²) in [5, 5.41) is 3.03. The lowest BCUT2D eigenvalue weighted by Crippen LogP contribution is -2.28. The van der Waals surface area contributed by atoms with E-state index in [1.807, 2.05) is 23.3 Å². The summed E-state index contributed by atoms with van der Waals surface area (Å²) in [6.07, 6.45) is 2.33. The van der Waals surface area contributed by atoms with Crippen LogP contribution in [0.25, 0.3) is 0 Å². The fraction of sp³-hybridized carbons (Fsp3) is 0.583. The highest BCUT2D eigenvalue weighted by molar-refractivity contribution is 9.09. The van der Waals surface area contributed by atoms with Gasteiger partial charge in [0.15, 0.2) is 0 Å². The zero-order valence-corrected chi connectivity index (χ0v) is 11.8. The van der Waals surface area contributed by atoms with E-state index < -0.39 is 0 Å². The molecule has 16 heavy (non-hydrogen) atoms. The van der Waals surface area contributed by atoms with E-state index in [0.29, 0.717) is 5.92 Å². The molecule has 0 bridgehead atoms. The van der Waals surface area contributed by atoms with Crippen LogP contribution in [-0.4, -0.2) is 29.2 Å². The highest BCUT2D eigenvalue weighted by Crippen LogP contribution is 2.25. The fourth-order valence-corrected chi connectivity index (χ4v) is 3.68. The highest BCUT2D eigenvalue weighted by Gasteiger charge is 2.27. The van der Waals surface area contributed by atoms with Gasteiger partial charge in [0.05, 0.1) is 4.88 Å². The second-order valence-electron chi connectivity index (χ2n) is 4.32. The van der Waals surface area contributed by atoms with Crippen LogP contribution in [0.5, 0.6) is 0 Å². The van der Waals surface area contributed by atoms with E-state index in [-0.39, 0.29) is 5.91 Å². The van der Waals surface area contributed by atoms with Crippen LogP contribution in [0.2, 0.25) is 0 Å². The van der Waals surface area contributed by atoms with Crippen LogP contribution < -0.4 is 0 Å². The normalized spacial score (nSPS) is 20.4. The minimum Gasteiger partial charge on any atom is -0.338 e. The van der Waals surface area contributed by atoms with Crippen LogP contribution in [0.3, 0.4) is 0 Å². The molecule has 88 valence electrons. The monoisotopic (exact) mass is 301 g/mol. The Balaban J connectivity index is 2.00. The van der Waals surface area contributed by atoms with Gasteiger partial charge in [-0.2, -0.15) is 0 Å². The number of rotatable bonds is 3. The Kier molecular flexibility index (Phi) is 4.03. The van der Waals surface area contributed by atoms with Gasteiger partial charge in [-0.1, -0.05) is 15.9 Å². The molecule has 1 saturated heterocycles. The maximum atomic E-state index is 12.2. The van der Waals surface area contributed by atoms with E-state index in [1.165, 1.54) is 6.42 Å². The van der Waals surface area contributed by atoms with Gasteiger partial charge < -0.3 is 4.90 Å². The summed E-state index contributed by atoms with van der Waals surface area (Å²) in [6.45, 7) is 3.87. The predicted octanol–water partition coefficient (Wildman–Crippen LogP) is 3.30. The maximum absolute atomic E-state index is 12.2. The number of amides is 1. The predicted molar refractivity (Wildman–Crippen MR) is 71.5 cm³/mol. The number of halogens is 1. The molecule has 1 amide bonds. The summed E-state index contributed by atoms with van der Waals surface area (Å²) in [4.78, 5) is 15.1. The van der Waals surface area contributed by atoms with Crippen LogP contribution >= 0.6 is 27.3 Å². The first-order valence-corrected chi connectivity index (χ1v) is 7.62. The number of carbonyl (C=O) groups excluding carboxylic acids is 1. The lowest BCUT2D eigenvalue weighted by atomic mass is 10.1. The van der Waals surface area contributed by atoms with Crippen molar-refractivity contribution >= 4 is 33.2 Å². The van der Waals surface area contributed by atoms with Crippen molar-refractivity contribution in [3.63, 3.8) is 0 Å². The zero-order chi connectivity index (χ0) is 11.5. The minimum absolute atomic E-state index is 0.226. The summed E-state index contributed by atoms with van der Waals surface area (Å²) in [7, 11) is 0. The van der Waals surface area contributed by atoms with Crippen LogP contribution in [0.4, 0.5) is 0 Å². The van der Waals surface area contributed by atoms with E-state index in [4.69, 9.17) is 0 Å². The number of hydrogen-bond acceptors (Lipinski definition) is 2. The van der Waals surface area contributed by atoms with Gasteiger partial charge in [0, 0.05) is 18.4 Å². The molecular formula is C12H16BrNOS. The Morgan fingerprint density at radius 1 is 1.69 bits per heavy atom. The molecular weight excluding hydrogens is 286 g/mol. The SMILES string of the molecule is Cc1ccsc1C(=O)N1CCC(CCBr)C1. The summed E-state index contributed by atoms with van der Waals surface area (Å²) in [6, 6.07) is 2.02. The molecule has 1 aliphatic rings. The van der Waals surface area contributed by atoms with E-state index in [0.717, 1.165) is 35.3 Å². The van der Waals surface area contributed by atoms with Gasteiger partial charge in [-0.15, -0.1) is 11.3 Å². The van der Waals surface area contributed by atoms with E-state index >= 15 is 0 Å². The van der Waals surface area contributed by atoms with Gasteiger partial charge in [-0.05, 0) is 42.7 Å². The summed E-state index contributed by atoms with van der Waals surface area (Å²) in [5.74, 6) is 0.910. The quantitative estimate of drug-likeness (QED) is 0.785.